The number of hydrogen-bond acceptors (Lipinski definition) is 5. The topological polar surface area (TPSA) is 56.7 Å². The van der Waals surface area contributed by atoms with Gasteiger partial charge in [0.15, 0.2) is 0 Å². The highest BCUT2D eigenvalue weighted by atomic mass is 32.1. The van der Waals surface area contributed by atoms with Gasteiger partial charge in [-0.3, -0.25) is 9.69 Å². The van der Waals surface area contributed by atoms with Crippen molar-refractivity contribution in [1.29, 1.82) is 0 Å². The van der Waals surface area contributed by atoms with E-state index in [1.165, 1.54) is 11.3 Å². The van der Waals surface area contributed by atoms with Crippen LogP contribution in [0.4, 0.5) is 0 Å². The molecule has 1 aliphatic heterocycles. The highest BCUT2D eigenvalue weighted by molar-refractivity contribution is 7.09. The minimum absolute atomic E-state index is 0.0790. The number of carbonyl (C=O) groups is 1. The summed E-state index contributed by atoms with van der Waals surface area (Å²) in [6.07, 6.45) is 2.58. The number of aliphatic hydroxyl groups excluding tert-OH is 1. The summed E-state index contributed by atoms with van der Waals surface area (Å²) in [5.74, 6) is 0.0790. The molecular weight excluding hydrogens is 262 g/mol. The first-order chi connectivity index (χ1) is 9.10. The van der Waals surface area contributed by atoms with Crippen LogP contribution < -0.4 is 0 Å². The molecule has 2 heterocycles. The van der Waals surface area contributed by atoms with Gasteiger partial charge in [0.2, 0.25) is 5.91 Å². The molecule has 5 nitrogen and oxygen atoms in total. The Bertz CT molecular complexity index is 433. The van der Waals surface area contributed by atoms with Crippen molar-refractivity contribution < 1.29 is 9.90 Å². The van der Waals surface area contributed by atoms with E-state index in [0.29, 0.717) is 6.42 Å². The molecule has 106 valence electrons. The van der Waals surface area contributed by atoms with E-state index in [1.54, 1.807) is 19.0 Å². The lowest BCUT2D eigenvalue weighted by atomic mass is 10.2. The summed E-state index contributed by atoms with van der Waals surface area (Å²) in [6.45, 7) is 2.02. The van der Waals surface area contributed by atoms with Crippen LogP contribution in [0.15, 0.2) is 5.38 Å². The Hall–Kier alpha value is -0.980. The summed E-state index contributed by atoms with van der Waals surface area (Å²) < 4.78 is 0. The zero-order valence-corrected chi connectivity index (χ0v) is 12.3. The number of amides is 1. The van der Waals surface area contributed by atoms with Gasteiger partial charge in [-0.05, 0) is 19.4 Å². The fourth-order valence-corrected chi connectivity index (χ4v) is 3.08. The second kappa shape index (κ2) is 6.45. The highest BCUT2D eigenvalue weighted by Crippen LogP contribution is 2.20. The molecule has 1 N–H and O–H groups in total. The number of aliphatic hydroxyl groups is 1. The van der Waals surface area contributed by atoms with Crippen LogP contribution in [0, 0.1) is 0 Å². The van der Waals surface area contributed by atoms with Crippen LogP contribution >= 0.6 is 11.3 Å². The van der Waals surface area contributed by atoms with Gasteiger partial charge < -0.3 is 10.0 Å². The van der Waals surface area contributed by atoms with Gasteiger partial charge in [-0.25, -0.2) is 4.98 Å². The molecule has 2 rings (SSSR count). The Morgan fingerprint density at radius 2 is 2.42 bits per heavy atom. The molecule has 1 aromatic rings. The number of likely N-dealkylation sites (N-methyl/N-ethyl adjacent to an activating group) is 1. The van der Waals surface area contributed by atoms with E-state index in [2.05, 4.69) is 9.88 Å². The second-order valence-corrected chi connectivity index (χ2v) is 6.09. The van der Waals surface area contributed by atoms with Crippen LogP contribution in [-0.4, -0.2) is 59.1 Å². The first-order valence-electron chi connectivity index (χ1n) is 6.58. The average Bonchev–Trinajstić information content (AvgIpc) is 2.99. The molecule has 6 heteroatoms. The van der Waals surface area contributed by atoms with Crippen molar-refractivity contribution in [2.24, 2.45) is 0 Å². The Labute approximate surface area is 117 Å². The monoisotopic (exact) mass is 283 g/mol. The lowest BCUT2D eigenvalue weighted by Gasteiger charge is -2.21. The number of hydrogen-bond donors (Lipinski definition) is 1. The van der Waals surface area contributed by atoms with Gasteiger partial charge in [-0.15, -0.1) is 11.3 Å². The van der Waals surface area contributed by atoms with Crippen molar-refractivity contribution in [1.82, 2.24) is 14.8 Å². The van der Waals surface area contributed by atoms with Crippen molar-refractivity contribution in [3.63, 3.8) is 0 Å². The molecule has 0 saturated carbocycles. The lowest BCUT2D eigenvalue weighted by Crippen LogP contribution is -2.31. The van der Waals surface area contributed by atoms with Crippen LogP contribution in [0.2, 0.25) is 0 Å². The molecule has 1 atom stereocenters. The fraction of sp³-hybridized carbons (Fsp3) is 0.692. The minimum Gasteiger partial charge on any atom is -0.395 e. The van der Waals surface area contributed by atoms with E-state index >= 15 is 0 Å². The summed E-state index contributed by atoms with van der Waals surface area (Å²) in [7, 11) is 3.51. The number of thiazole rings is 1. The number of rotatable bonds is 5. The molecule has 0 unspecified atom stereocenters. The van der Waals surface area contributed by atoms with E-state index in [1.807, 2.05) is 5.38 Å². The van der Waals surface area contributed by atoms with Crippen LogP contribution in [0.5, 0.6) is 0 Å². The maximum atomic E-state index is 11.6. The molecule has 1 aromatic heterocycles. The standard InChI is InChI=1S/C13H21N3O2S/c1-15(2)13(18)6-12-14-10(9-19-12)7-16-5-3-4-11(16)8-17/h9,11,17H,3-8H2,1-2H3/t11-/m0/s1. The number of likely N-dealkylation sites (tertiary alicyclic amines) is 1. The van der Waals surface area contributed by atoms with E-state index in [-0.39, 0.29) is 18.6 Å². The third-order valence-corrected chi connectivity index (χ3v) is 4.37. The molecule has 0 spiro atoms. The third kappa shape index (κ3) is 3.75. The fourth-order valence-electron chi connectivity index (χ4n) is 2.31. The van der Waals surface area contributed by atoms with E-state index in [9.17, 15) is 9.90 Å². The van der Waals surface area contributed by atoms with Crippen molar-refractivity contribution in [2.45, 2.75) is 31.8 Å². The van der Waals surface area contributed by atoms with Gasteiger partial charge in [0.05, 0.1) is 18.7 Å². The van der Waals surface area contributed by atoms with Gasteiger partial charge >= 0.3 is 0 Å². The average molecular weight is 283 g/mol. The van der Waals surface area contributed by atoms with Gasteiger partial charge in [-0.2, -0.15) is 0 Å². The second-order valence-electron chi connectivity index (χ2n) is 5.15. The summed E-state index contributed by atoms with van der Waals surface area (Å²) >= 11 is 1.54. The summed E-state index contributed by atoms with van der Waals surface area (Å²) in [4.78, 5) is 20.0. The van der Waals surface area contributed by atoms with E-state index < -0.39 is 0 Å². The van der Waals surface area contributed by atoms with Gasteiger partial charge in [0, 0.05) is 32.1 Å². The predicted octanol–water partition coefficient (Wildman–Crippen LogP) is 0.730. The van der Waals surface area contributed by atoms with Crippen molar-refractivity contribution in [2.75, 3.05) is 27.2 Å². The van der Waals surface area contributed by atoms with E-state index in [4.69, 9.17) is 0 Å². The first-order valence-corrected chi connectivity index (χ1v) is 7.46. The lowest BCUT2D eigenvalue weighted by molar-refractivity contribution is -0.127. The zero-order valence-electron chi connectivity index (χ0n) is 11.5. The molecule has 1 amide bonds. The van der Waals surface area contributed by atoms with Crippen LogP contribution in [-0.2, 0) is 17.8 Å². The van der Waals surface area contributed by atoms with Gasteiger partial charge in [0.1, 0.15) is 5.01 Å². The first kappa shape index (κ1) is 14.4. The SMILES string of the molecule is CN(C)C(=O)Cc1nc(CN2CCC[C@H]2CO)cs1. The number of nitrogens with zero attached hydrogens (tertiary/aromatic N) is 3. The summed E-state index contributed by atoms with van der Waals surface area (Å²) in [5.41, 5.74) is 1.01. The van der Waals surface area contributed by atoms with Crippen molar-refractivity contribution in [3.8, 4) is 0 Å². The maximum Gasteiger partial charge on any atom is 0.228 e. The molecule has 0 bridgehead atoms. The smallest absolute Gasteiger partial charge is 0.228 e. The molecule has 1 fully saturated rings. The Kier molecular flexibility index (Phi) is 4.90. The van der Waals surface area contributed by atoms with Gasteiger partial charge in [-0.1, -0.05) is 0 Å². The van der Waals surface area contributed by atoms with Crippen molar-refractivity contribution in [3.05, 3.63) is 16.1 Å². The number of carbonyl (C=O) groups excluding carboxylic acids is 1. The highest BCUT2D eigenvalue weighted by Gasteiger charge is 2.24. The molecule has 0 aromatic carbocycles. The Morgan fingerprint density at radius 3 is 3.11 bits per heavy atom. The largest absolute Gasteiger partial charge is 0.395 e. The van der Waals surface area contributed by atoms with Gasteiger partial charge in [0.25, 0.3) is 0 Å². The molecule has 1 aliphatic rings. The summed E-state index contributed by atoms with van der Waals surface area (Å²) in [5, 5.41) is 12.2. The zero-order chi connectivity index (χ0) is 13.8. The third-order valence-electron chi connectivity index (χ3n) is 3.48. The molecule has 1 saturated heterocycles. The predicted molar refractivity (Wildman–Crippen MR) is 75.0 cm³/mol. The summed E-state index contributed by atoms with van der Waals surface area (Å²) in [6, 6.07) is 0.272. The minimum atomic E-state index is 0.0790. The van der Waals surface area contributed by atoms with Crippen LogP contribution in [0.1, 0.15) is 23.5 Å². The Balaban J connectivity index is 1.92. The maximum absolute atomic E-state index is 11.6. The molecule has 0 radical (unpaired) electrons. The molecule has 19 heavy (non-hydrogen) atoms. The Morgan fingerprint density at radius 1 is 1.63 bits per heavy atom. The van der Waals surface area contributed by atoms with Crippen molar-refractivity contribution >= 4 is 17.2 Å². The van der Waals surface area contributed by atoms with Crippen LogP contribution in [0.3, 0.4) is 0 Å². The van der Waals surface area contributed by atoms with Crippen LogP contribution in [0.25, 0.3) is 0 Å². The normalized spacial score (nSPS) is 19.8. The van der Waals surface area contributed by atoms with E-state index in [0.717, 1.165) is 36.6 Å². The quantitative estimate of drug-likeness (QED) is 0.865. The molecular formula is C13H21N3O2S. The molecule has 0 aliphatic carbocycles. The number of aromatic nitrogens is 1.